The molecule has 0 saturated carbocycles. The number of nitrogens with one attached hydrogen (secondary N) is 1. The molecule has 1 aromatic carbocycles. The highest BCUT2D eigenvalue weighted by Crippen LogP contribution is 2.28. The third-order valence-electron chi connectivity index (χ3n) is 3.49. The van der Waals surface area contributed by atoms with Crippen LogP contribution in [0.2, 0.25) is 11.1 Å². The summed E-state index contributed by atoms with van der Waals surface area (Å²) in [6.45, 7) is 9.37. The van der Waals surface area contributed by atoms with Crippen LogP contribution in [0.5, 0.6) is 0 Å². The highest BCUT2D eigenvalue weighted by Gasteiger charge is 2.40. The Balaban J connectivity index is 3.22. The van der Waals surface area contributed by atoms with Gasteiger partial charge in [-0.05, 0) is 23.3 Å². The summed E-state index contributed by atoms with van der Waals surface area (Å²) in [4.78, 5) is 3.67. The molecule has 2 heteroatoms. The van der Waals surface area contributed by atoms with E-state index < -0.39 is 8.24 Å². The van der Waals surface area contributed by atoms with E-state index >= 15 is 0 Å². The zero-order valence-electron chi connectivity index (χ0n) is 10.5. The minimum atomic E-state index is -1.55. The molecular weight excluding hydrogens is 198 g/mol. The third-order valence-corrected chi connectivity index (χ3v) is 9.25. The molecule has 1 rings (SSSR count). The van der Waals surface area contributed by atoms with Gasteiger partial charge in [0.1, 0.15) is 0 Å². The van der Waals surface area contributed by atoms with Crippen LogP contribution in [0.1, 0.15) is 27.7 Å². The van der Waals surface area contributed by atoms with Gasteiger partial charge in [-0.15, -0.1) is 0 Å². The summed E-state index contributed by atoms with van der Waals surface area (Å²) >= 11 is 0. The first-order chi connectivity index (χ1) is 7.05. The van der Waals surface area contributed by atoms with E-state index in [0.29, 0.717) is 11.1 Å². The summed E-state index contributed by atoms with van der Waals surface area (Å²) in [5.74, 6) is 0. The first kappa shape index (κ1) is 12.5. The maximum atomic E-state index is 3.67. The van der Waals surface area contributed by atoms with Gasteiger partial charge in [-0.1, -0.05) is 58.0 Å². The Morgan fingerprint density at radius 3 is 1.73 bits per heavy atom. The molecule has 0 saturated heterocycles. The Morgan fingerprint density at radius 1 is 0.933 bits per heavy atom. The van der Waals surface area contributed by atoms with Crippen LogP contribution in [0, 0.1) is 0 Å². The molecule has 0 aliphatic heterocycles. The number of rotatable bonds is 4. The van der Waals surface area contributed by atoms with E-state index in [0.717, 1.165) is 0 Å². The average molecular weight is 221 g/mol. The number of hydrogen-bond acceptors (Lipinski definition) is 1. The highest BCUT2D eigenvalue weighted by atomic mass is 28.3. The molecule has 0 bridgehead atoms. The van der Waals surface area contributed by atoms with Crippen LogP contribution in [0.3, 0.4) is 0 Å². The molecule has 0 heterocycles. The van der Waals surface area contributed by atoms with Gasteiger partial charge in [-0.2, -0.15) is 0 Å². The van der Waals surface area contributed by atoms with E-state index in [9.17, 15) is 0 Å². The first-order valence-corrected chi connectivity index (χ1v) is 7.95. The van der Waals surface area contributed by atoms with Gasteiger partial charge < -0.3 is 4.98 Å². The summed E-state index contributed by atoms with van der Waals surface area (Å²) < 4.78 is 0. The molecule has 0 amide bonds. The topological polar surface area (TPSA) is 12.0 Å². The van der Waals surface area contributed by atoms with Crippen molar-refractivity contribution in [2.45, 2.75) is 38.8 Å². The van der Waals surface area contributed by atoms with Crippen molar-refractivity contribution in [1.82, 2.24) is 4.98 Å². The van der Waals surface area contributed by atoms with Crippen LogP contribution in [-0.4, -0.2) is 15.3 Å². The molecule has 0 spiro atoms. The lowest BCUT2D eigenvalue weighted by Gasteiger charge is -2.39. The minimum Gasteiger partial charge on any atom is -0.336 e. The Labute approximate surface area is 95.0 Å². The van der Waals surface area contributed by atoms with Crippen LogP contribution in [0.15, 0.2) is 30.3 Å². The number of hydrogen-bond donors (Lipinski definition) is 1. The summed E-state index contributed by atoms with van der Waals surface area (Å²) in [6, 6.07) is 11.0. The summed E-state index contributed by atoms with van der Waals surface area (Å²) in [6.07, 6.45) is 0. The lowest BCUT2D eigenvalue weighted by Crippen LogP contribution is -2.63. The monoisotopic (exact) mass is 221 g/mol. The molecule has 0 aliphatic carbocycles. The van der Waals surface area contributed by atoms with Gasteiger partial charge in [0.25, 0.3) is 0 Å². The lowest BCUT2D eigenvalue weighted by atomic mass is 10.4. The molecule has 0 aromatic heterocycles. The van der Waals surface area contributed by atoms with Gasteiger partial charge in [-0.3, -0.25) is 0 Å². The molecule has 1 aromatic rings. The van der Waals surface area contributed by atoms with Crippen molar-refractivity contribution in [2.24, 2.45) is 0 Å². The Kier molecular flexibility index (Phi) is 4.11. The van der Waals surface area contributed by atoms with Crippen molar-refractivity contribution in [3.63, 3.8) is 0 Å². The van der Waals surface area contributed by atoms with Gasteiger partial charge in [-0.25, -0.2) is 0 Å². The maximum Gasteiger partial charge on any atom is 0.162 e. The van der Waals surface area contributed by atoms with Crippen molar-refractivity contribution in [3.8, 4) is 0 Å². The van der Waals surface area contributed by atoms with E-state index in [2.05, 4.69) is 70.1 Å². The fraction of sp³-hybridized carbons (Fsp3) is 0.538. The van der Waals surface area contributed by atoms with E-state index in [1.165, 1.54) is 5.19 Å². The van der Waals surface area contributed by atoms with E-state index in [1.54, 1.807) is 0 Å². The van der Waals surface area contributed by atoms with E-state index in [1.807, 2.05) is 0 Å². The lowest BCUT2D eigenvalue weighted by molar-refractivity contribution is 0.860. The van der Waals surface area contributed by atoms with Crippen molar-refractivity contribution in [3.05, 3.63) is 30.3 Å². The molecule has 0 radical (unpaired) electrons. The Hall–Kier alpha value is -0.603. The summed E-state index contributed by atoms with van der Waals surface area (Å²) in [5, 5.41) is 1.53. The zero-order chi connectivity index (χ0) is 11.5. The SMILES string of the molecule is CN[Si](c1ccccc1)(C(C)C)C(C)C. The summed E-state index contributed by atoms with van der Waals surface area (Å²) in [7, 11) is 0.574. The smallest absolute Gasteiger partial charge is 0.162 e. The fourth-order valence-electron chi connectivity index (χ4n) is 2.77. The van der Waals surface area contributed by atoms with Gasteiger partial charge in [0.15, 0.2) is 8.24 Å². The normalized spacial score (nSPS) is 12.5. The molecule has 0 fully saturated rings. The molecule has 0 unspecified atom stereocenters. The van der Waals surface area contributed by atoms with Gasteiger partial charge in [0.2, 0.25) is 0 Å². The molecular formula is C13H23NSi. The predicted molar refractivity (Wildman–Crippen MR) is 71.1 cm³/mol. The molecule has 0 aliphatic rings. The molecule has 1 N–H and O–H groups in total. The molecule has 15 heavy (non-hydrogen) atoms. The Morgan fingerprint density at radius 2 is 1.40 bits per heavy atom. The average Bonchev–Trinajstić information content (AvgIpc) is 2.20. The van der Waals surface area contributed by atoms with E-state index in [4.69, 9.17) is 0 Å². The van der Waals surface area contributed by atoms with Gasteiger partial charge in [0, 0.05) is 0 Å². The molecule has 84 valence electrons. The highest BCUT2D eigenvalue weighted by molar-refractivity contribution is 6.91. The van der Waals surface area contributed by atoms with Crippen molar-refractivity contribution in [1.29, 1.82) is 0 Å². The Bertz CT molecular complexity index is 285. The second-order valence-corrected chi connectivity index (χ2v) is 9.92. The zero-order valence-corrected chi connectivity index (χ0v) is 11.5. The maximum absolute atomic E-state index is 3.67. The van der Waals surface area contributed by atoms with Crippen LogP contribution in [-0.2, 0) is 0 Å². The number of benzene rings is 1. The fourth-order valence-corrected chi connectivity index (χ4v) is 7.62. The third kappa shape index (κ3) is 2.16. The second-order valence-electron chi connectivity index (χ2n) is 4.79. The van der Waals surface area contributed by atoms with Crippen molar-refractivity contribution in [2.75, 3.05) is 7.05 Å². The van der Waals surface area contributed by atoms with Crippen molar-refractivity contribution < 1.29 is 0 Å². The minimum absolute atomic E-state index is 0.713. The van der Waals surface area contributed by atoms with Crippen LogP contribution in [0.4, 0.5) is 0 Å². The first-order valence-electron chi connectivity index (χ1n) is 5.80. The van der Waals surface area contributed by atoms with Crippen LogP contribution < -0.4 is 10.2 Å². The standard InChI is InChI=1S/C13H23NSi/c1-11(2)15(14-5,12(3)4)13-9-7-6-8-10-13/h6-12,14H,1-5H3. The van der Waals surface area contributed by atoms with E-state index in [-0.39, 0.29) is 0 Å². The molecule has 1 nitrogen and oxygen atoms in total. The predicted octanol–water partition coefficient (Wildman–Crippen LogP) is 2.88. The quantitative estimate of drug-likeness (QED) is 0.771. The largest absolute Gasteiger partial charge is 0.336 e. The van der Waals surface area contributed by atoms with Gasteiger partial charge >= 0.3 is 0 Å². The van der Waals surface area contributed by atoms with Gasteiger partial charge in [0.05, 0.1) is 0 Å². The summed E-state index contributed by atoms with van der Waals surface area (Å²) in [5.41, 5.74) is 1.43. The molecule has 0 atom stereocenters. The van der Waals surface area contributed by atoms with Crippen molar-refractivity contribution >= 4 is 13.4 Å². The van der Waals surface area contributed by atoms with Crippen LogP contribution >= 0.6 is 0 Å². The van der Waals surface area contributed by atoms with Crippen LogP contribution in [0.25, 0.3) is 0 Å². The second kappa shape index (κ2) is 4.95.